The number of fused-ring (bicyclic) bond motifs is 1. The van der Waals surface area contributed by atoms with E-state index in [4.69, 9.17) is 5.41 Å². The molecule has 1 atom stereocenters. The number of hydrogen-bond acceptors (Lipinski definition) is 5. The van der Waals surface area contributed by atoms with E-state index in [-0.39, 0.29) is 42.2 Å². The van der Waals surface area contributed by atoms with Crippen LogP contribution in [-0.4, -0.2) is 51.0 Å². The Hall–Kier alpha value is -2.93. The SMILES string of the molecule is CC(=O)N(C)C(C)c1cc(C(=O)CN2Cc3ccc(C)nc3C2=N)cc(C(C)(C)C)c1O.Cl. The fourth-order valence-corrected chi connectivity index (χ4v) is 3.94. The number of nitrogens with one attached hydrogen (secondary N) is 1. The molecule has 0 aliphatic carbocycles. The second kappa shape index (κ2) is 9.51. The molecule has 8 heteroatoms. The number of aromatic nitrogens is 1. The van der Waals surface area contributed by atoms with Crippen molar-refractivity contribution in [2.75, 3.05) is 13.6 Å². The van der Waals surface area contributed by atoms with Gasteiger partial charge in [-0.15, -0.1) is 12.4 Å². The molecule has 2 heterocycles. The molecule has 7 nitrogen and oxygen atoms in total. The highest BCUT2D eigenvalue weighted by atomic mass is 35.5. The summed E-state index contributed by atoms with van der Waals surface area (Å²) in [5, 5.41) is 19.5. The van der Waals surface area contributed by atoms with Crippen molar-refractivity contribution in [3.8, 4) is 5.75 Å². The molecule has 1 unspecified atom stereocenters. The van der Waals surface area contributed by atoms with Crippen molar-refractivity contribution in [2.45, 2.75) is 59.5 Å². The number of rotatable bonds is 5. The van der Waals surface area contributed by atoms with E-state index in [1.807, 2.05) is 46.8 Å². The van der Waals surface area contributed by atoms with E-state index in [0.717, 1.165) is 11.3 Å². The standard InChI is InChI=1S/C25H32N4O3.ClH/c1-14-8-9-17-12-29(24(26)22(17)27-14)13-21(31)18-10-19(15(2)28(7)16(3)30)23(32)20(11-18)25(4,5)6;/h8-11,15,26,32H,12-13H2,1-7H3;1H. The molecule has 2 N–H and O–H groups in total. The van der Waals surface area contributed by atoms with E-state index in [1.54, 1.807) is 24.1 Å². The van der Waals surface area contributed by atoms with E-state index >= 15 is 0 Å². The Balaban J connectivity index is 0.00000385. The van der Waals surface area contributed by atoms with Gasteiger partial charge in [-0.2, -0.15) is 0 Å². The number of nitrogens with zero attached hydrogens (tertiary/aromatic N) is 3. The average molecular weight is 473 g/mol. The van der Waals surface area contributed by atoms with E-state index in [0.29, 0.717) is 28.9 Å². The number of aryl methyl sites for hydroxylation is 1. The number of pyridine rings is 1. The van der Waals surface area contributed by atoms with Gasteiger partial charge in [-0.1, -0.05) is 26.8 Å². The lowest BCUT2D eigenvalue weighted by Gasteiger charge is -2.29. The number of amidine groups is 1. The Labute approximate surface area is 201 Å². The molecule has 0 radical (unpaired) electrons. The van der Waals surface area contributed by atoms with Crippen molar-refractivity contribution in [3.05, 3.63) is 57.9 Å². The van der Waals surface area contributed by atoms with Gasteiger partial charge in [0.05, 0.1) is 12.6 Å². The monoisotopic (exact) mass is 472 g/mol. The first-order chi connectivity index (χ1) is 14.8. The van der Waals surface area contributed by atoms with Crippen molar-refractivity contribution < 1.29 is 14.7 Å². The summed E-state index contributed by atoms with van der Waals surface area (Å²) < 4.78 is 0. The summed E-state index contributed by atoms with van der Waals surface area (Å²) in [6, 6.07) is 6.87. The Morgan fingerprint density at radius 2 is 1.91 bits per heavy atom. The van der Waals surface area contributed by atoms with Crippen LogP contribution in [0, 0.1) is 12.3 Å². The summed E-state index contributed by atoms with van der Waals surface area (Å²) in [6.07, 6.45) is 0. The molecule has 0 bridgehead atoms. The van der Waals surface area contributed by atoms with E-state index in [2.05, 4.69) is 4.98 Å². The molecular weight excluding hydrogens is 440 g/mol. The van der Waals surface area contributed by atoms with Gasteiger partial charge in [0.2, 0.25) is 5.91 Å². The molecule has 0 saturated carbocycles. The number of ketones is 1. The summed E-state index contributed by atoms with van der Waals surface area (Å²) in [4.78, 5) is 32.9. The van der Waals surface area contributed by atoms with Crippen LogP contribution in [-0.2, 0) is 16.8 Å². The summed E-state index contributed by atoms with van der Waals surface area (Å²) >= 11 is 0. The zero-order valence-corrected chi connectivity index (χ0v) is 21.1. The Morgan fingerprint density at radius 1 is 1.27 bits per heavy atom. The lowest BCUT2D eigenvalue weighted by Crippen LogP contribution is -2.31. The number of benzene rings is 1. The van der Waals surface area contributed by atoms with Crippen LogP contribution in [0.3, 0.4) is 0 Å². The number of halogens is 1. The first-order valence-corrected chi connectivity index (χ1v) is 10.8. The zero-order chi connectivity index (χ0) is 24.0. The molecule has 33 heavy (non-hydrogen) atoms. The summed E-state index contributed by atoms with van der Waals surface area (Å²) in [7, 11) is 1.68. The highest BCUT2D eigenvalue weighted by molar-refractivity contribution is 6.04. The molecule has 0 spiro atoms. The van der Waals surface area contributed by atoms with Crippen molar-refractivity contribution >= 4 is 29.9 Å². The second-order valence-electron chi connectivity index (χ2n) is 9.61. The van der Waals surface area contributed by atoms with Gasteiger partial charge in [-0.25, -0.2) is 4.98 Å². The van der Waals surface area contributed by atoms with Crippen LogP contribution in [0.2, 0.25) is 0 Å². The van der Waals surface area contributed by atoms with E-state index < -0.39 is 11.5 Å². The molecule has 0 fully saturated rings. The normalized spacial score (nSPS) is 13.9. The molecule has 178 valence electrons. The van der Waals surface area contributed by atoms with Gasteiger partial charge in [-0.05, 0) is 37.5 Å². The van der Waals surface area contributed by atoms with Crippen LogP contribution in [0.4, 0.5) is 0 Å². The summed E-state index contributed by atoms with van der Waals surface area (Å²) in [5.41, 5.74) is 3.64. The maximum absolute atomic E-state index is 13.3. The largest absolute Gasteiger partial charge is 0.507 e. The third-order valence-electron chi connectivity index (χ3n) is 6.15. The topological polar surface area (TPSA) is 97.6 Å². The van der Waals surface area contributed by atoms with Crippen LogP contribution in [0.15, 0.2) is 24.3 Å². The highest BCUT2D eigenvalue weighted by Gasteiger charge is 2.30. The van der Waals surface area contributed by atoms with Gasteiger partial charge in [-0.3, -0.25) is 15.0 Å². The van der Waals surface area contributed by atoms with E-state index in [9.17, 15) is 14.7 Å². The third kappa shape index (κ3) is 5.19. The minimum absolute atomic E-state index is 0. The Bertz CT molecular complexity index is 1110. The smallest absolute Gasteiger partial charge is 0.219 e. The number of carbonyl (C=O) groups excluding carboxylic acids is 2. The van der Waals surface area contributed by atoms with Gasteiger partial charge < -0.3 is 14.9 Å². The molecule has 2 aromatic rings. The first kappa shape index (κ1) is 26.3. The van der Waals surface area contributed by atoms with Gasteiger partial charge >= 0.3 is 0 Å². The number of hydrogen-bond donors (Lipinski definition) is 2. The van der Waals surface area contributed by atoms with E-state index in [1.165, 1.54) is 11.8 Å². The third-order valence-corrected chi connectivity index (χ3v) is 6.15. The van der Waals surface area contributed by atoms with Crippen molar-refractivity contribution in [1.82, 2.24) is 14.8 Å². The van der Waals surface area contributed by atoms with Crippen LogP contribution in [0.5, 0.6) is 5.75 Å². The molecular formula is C25H33ClN4O3. The predicted octanol–water partition coefficient (Wildman–Crippen LogP) is 4.38. The van der Waals surface area contributed by atoms with Crippen LogP contribution in [0.25, 0.3) is 0 Å². The number of carbonyl (C=O) groups is 2. The second-order valence-corrected chi connectivity index (χ2v) is 9.61. The molecule has 1 aromatic carbocycles. The number of amides is 1. The lowest BCUT2D eigenvalue weighted by molar-refractivity contribution is -0.129. The molecule has 1 aromatic heterocycles. The fraction of sp³-hybridized carbons (Fsp3) is 0.440. The van der Waals surface area contributed by atoms with Gasteiger partial charge in [0, 0.05) is 48.5 Å². The fourth-order valence-electron chi connectivity index (χ4n) is 3.94. The maximum atomic E-state index is 13.3. The predicted molar refractivity (Wildman–Crippen MR) is 131 cm³/mol. The number of phenolic OH excluding ortho intramolecular Hbond substituents is 1. The molecule has 0 saturated heterocycles. The zero-order valence-electron chi connectivity index (χ0n) is 20.3. The summed E-state index contributed by atoms with van der Waals surface area (Å²) in [6.45, 7) is 11.6. The van der Waals surface area contributed by atoms with Gasteiger partial charge in [0.15, 0.2) is 5.78 Å². The quantitative estimate of drug-likeness (QED) is 0.629. The molecule has 1 amide bonds. The number of phenols is 1. The molecule has 3 rings (SSSR count). The first-order valence-electron chi connectivity index (χ1n) is 10.8. The molecule has 1 aliphatic rings. The Kier molecular flexibility index (Phi) is 7.59. The van der Waals surface area contributed by atoms with Crippen molar-refractivity contribution in [1.29, 1.82) is 5.41 Å². The van der Waals surface area contributed by atoms with Crippen molar-refractivity contribution in [3.63, 3.8) is 0 Å². The summed E-state index contributed by atoms with van der Waals surface area (Å²) in [5.74, 6) is 0.0770. The number of Topliss-reactive ketones (excluding diaryl/α,β-unsaturated/α-hetero) is 1. The van der Waals surface area contributed by atoms with Crippen LogP contribution < -0.4 is 0 Å². The molecule has 1 aliphatic heterocycles. The van der Waals surface area contributed by atoms with Gasteiger partial charge in [0.25, 0.3) is 0 Å². The van der Waals surface area contributed by atoms with Gasteiger partial charge in [0.1, 0.15) is 17.3 Å². The van der Waals surface area contributed by atoms with Crippen LogP contribution in [0.1, 0.15) is 79.1 Å². The minimum Gasteiger partial charge on any atom is -0.507 e. The average Bonchev–Trinajstić information content (AvgIpc) is 3.01. The maximum Gasteiger partial charge on any atom is 0.219 e. The van der Waals surface area contributed by atoms with Crippen molar-refractivity contribution in [2.24, 2.45) is 0 Å². The minimum atomic E-state index is -0.401. The van der Waals surface area contributed by atoms with Crippen LogP contribution >= 0.6 is 12.4 Å². The highest BCUT2D eigenvalue weighted by Crippen LogP contribution is 2.38. The Morgan fingerprint density at radius 3 is 2.48 bits per heavy atom. The number of aromatic hydroxyl groups is 1. The lowest BCUT2D eigenvalue weighted by atomic mass is 9.82.